The molecule has 0 aromatic heterocycles. The molecule has 5 nitrogen and oxygen atoms in total. The number of hydrogen-bond acceptors (Lipinski definition) is 4. The van der Waals surface area contributed by atoms with Crippen LogP contribution >= 0.6 is 0 Å². The monoisotopic (exact) mass is 292 g/mol. The first kappa shape index (κ1) is 15.5. The van der Waals surface area contributed by atoms with Crippen molar-refractivity contribution < 1.29 is 14.3 Å². The summed E-state index contributed by atoms with van der Waals surface area (Å²) in [6.45, 7) is 5.63. The third kappa shape index (κ3) is 4.28. The van der Waals surface area contributed by atoms with Gasteiger partial charge in [-0.15, -0.1) is 0 Å². The molecule has 116 valence electrons. The van der Waals surface area contributed by atoms with Crippen LogP contribution in [0.5, 0.6) is 5.75 Å². The van der Waals surface area contributed by atoms with E-state index in [9.17, 15) is 4.79 Å². The van der Waals surface area contributed by atoms with Gasteiger partial charge in [0, 0.05) is 37.9 Å². The number of ether oxygens (including phenoxy) is 2. The van der Waals surface area contributed by atoms with Gasteiger partial charge < -0.3 is 19.3 Å². The van der Waals surface area contributed by atoms with Gasteiger partial charge in [0.2, 0.25) is 0 Å². The van der Waals surface area contributed by atoms with Crippen LogP contribution in [-0.4, -0.2) is 50.9 Å². The van der Waals surface area contributed by atoms with Crippen LogP contribution in [0.1, 0.15) is 19.8 Å². The van der Waals surface area contributed by atoms with Crippen molar-refractivity contribution in [1.29, 1.82) is 0 Å². The van der Waals surface area contributed by atoms with E-state index < -0.39 is 0 Å². The van der Waals surface area contributed by atoms with E-state index >= 15 is 0 Å². The standard InChI is InChI=1S/C16H24N2O3/c1-3-4-12-21-16(19)18-10-8-17(9-11-18)14-6-5-7-15(13-14)20-2/h5-7,13H,3-4,8-12H2,1-2H3. The maximum atomic E-state index is 11.9. The SMILES string of the molecule is CCCCOC(=O)N1CCN(c2cccc(OC)c2)CC1. The molecule has 0 atom stereocenters. The number of carbonyl (C=O) groups is 1. The molecule has 2 rings (SSSR count). The van der Waals surface area contributed by atoms with Gasteiger partial charge in [-0.05, 0) is 18.6 Å². The first-order chi connectivity index (χ1) is 10.2. The number of benzene rings is 1. The normalized spacial score (nSPS) is 15.0. The Morgan fingerprint density at radius 1 is 1.24 bits per heavy atom. The number of anilines is 1. The number of methoxy groups -OCH3 is 1. The van der Waals surface area contributed by atoms with Gasteiger partial charge in [0.05, 0.1) is 13.7 Å². The van der Waals surface area contributed by atoms with Gasteiger partial charge in [0.1, 0.15) is 5.75 Å². The van der Waals surface area contributed by atoms with Gasteiger partial charge in [0.25, 0.3) is 0 Å². The van der Waals surface area contributed by atoms with Crippen molar-refractivity contribution in [2.45, 2.75) is 19.8 Å². The second-order valence-electron chi connectivity index (χ2n) is 5.14. The maximum Gasteiger partial charge on any atom is 0.409 e. The minimum absolute atomic E-state index is 0.186. The summed E-state index contributed by atoms with van der Waals surface area (Å²) in [5.74, 6) is 0.855. The molecular weight excluding hydrogens is 268 g/mol. The van der Waals surface area contributed by atoms with Crippen molar-refractivity contribution in [1.82, 2.24) is 4.90 Å². The molecule has 1 fully saturated rings. The Labute approximate surface area is 126 Å². The predicted octanol–water partition coefficient (Wildman–Crippen LogP) is 2.75. The number of amides is 1. The fraction of sp³-hybridized carbons (Fsp3) is 0.562. The summed E-state index contributed by atoms with van der Waals surface area (Å²) < 4.78 is 10.5. The molecule has 1 aromatic carbocycles. The Morgan fingerprint density at radius 2 is 2.00 bits per heavy atom. The largest absolute Gasteiger partial charge is 0.497 e. The molecule has 0 radical (unpaired) electrons. The van der Waals surface area contributed by atoms with Crippen molar-refractivity contribution in [2.75, 3.05) is 44.8 Å². The van der Waals surface area contributed by atoms with E-state index in [1.807, 2.05) is 18.2 Å². The molecule has 0 spiro atoms. The molecule has 0 saturated carbocycles. The average Bonchev–Trinajstić information content (AvgIpc) is 2.55. The highest BCUT2D eigenvalue weighted by atomic mass is 16.6. The summed E-state index contributed by atoms with van der Waals surface area (Å²) in [4.78, 5) is 15.9. The molecule has 5 heteroatoms. The highest BCUT2D eigenvalue weighted by Crippen LogP contribution is 2.22. The van der Waals surface area contributed by atoms with Crippen LogP contribution in [0.4, 0.5) is 10.5 Å². The average molecular weight is 292 g/mol. The van der Waals surface area contributed by atoms with E-state index in [2.05, 4.69) is 17.9 Å². The quantitative estimate of drug-likeness (QED) is 0.783. The van der Waals surface area contributed by atoms with Gasteiger partial charge in [-0.1, -0.05) is 19.4 Å². The van der Waals surface area contributed by atoms with Crippen molar-refractivity contribution >= 4 is 11.8 Å². The first-order valence-electron chi connectivity index (χ1n) is 7.55. The highest BCUT2D eigenvalue weighted by molar-refractivity contribution is 5.68. The minimum atomic E-state index is -0.186. The zero-order chi connectivity index (χ0) is 15.1. The van der Waals surface area contributed by atoms with E-state index in [1.165, 1.54) is 0 Å². The summed E-state index contributed by atoms with van der Waals surface area (Å²) in [5, 5.41) is 0. The summed E-state index contributed by atoms with van der Waals surface area (Å²) in [6.07, 6.45) is 1.78. The number of hydrogen-bond donors (Lipinski definition) is 0. The zero-order valence-corrected chi connectivity index (χ0v) is 12.9. The molecule has 21 heavy (non-hydrogen) atoms. The Kier molecular flexibility index (Phi) is 5.72. The Morgan fingerprint density at radius 3 is 2.67 bits per heavy atom. The third-order valence-corrected chi connectivity index (χ3v) is 3.68. The van der Waals surface area contributed by atoms with E-state index in [-0.39, 0.29) is 6.09 Å². The zero-order valence-electron chi connectivity index (χ0n) is 12.9. The van der Waals surface area contributed by atoms with Crippen LogP contribution < -0.4 is 9.64 Å². The summed E-state index contributed by atoms with van der Waals surface area (Å²) in [6, 6.07) is 8.01. The number of rotatable bonds is 5. The summed E-state index contributed by atoms with van der Waals surface area (Å²) in [7, 11) is 1.67. The first-order valence-corrected chi connectivity index (χ1v) is 7.55. The lowest BCUT2D eigenvalue weighted by molar-refractivity contribution is 0.0989. The minimum Gasteiger partial charge on any atom is -0.497 e. The molecule has 1 aliphatic rings. The predicted molar refractivity (Wildman–Crippen MR) is 83.0 cm³/mol. The molecular formula is C16H24N2O3. The van der Waals surface area contributed by atoms with E-state index in [4.69, 9.17) is 9.47 Å². The van der Waals surface area contributed by atoms with Gasteiger partial charge in [0.15, 0.2) is 0 Å². The fourth-order valence-corrected chi connectivity index (χ4v) is 2.35. The van der Waals surface area contributed by atoms with Crippen molar-refractivity contribution in [3.63, 3.8) is 0 Å². The van der Waals surface area contributed by atoms with Crippen molar-refractivity contribution in [2.24, 2.45) is 0 Å². The van der Waals surface area contributed by atoms with Crippen LogP contribution in [0, 0.1) is 0 Å². The molecule has 1 saturated heterocycles. The van der Waals surface area contributed by atoms with Crippen LogP contribution in [0.3, 0.4) is 0 Å². The van der Waals surface area contributed by atoms with Gasteiger partial charge in [-0.3, -0.25) is 0 Å². The van der Waals surface area contributed by atoms with Crippen LogP contribution in [0.25, 0.3) is 0 Å². The lowest BCUT2D eigenvalue weighted by atomic mass is 10.2. The van der Waals surface area contributed by atoms with E-state index in [0.29, 0.717) is 19.7 Å². The van der Waals surface area contributed by atoms with Gasteiger partial charge in [-0.25, -0.2) is 4.79 Å². The highest BCUT2D eigenvalue weighted by Gasteiger charge is 2.22. The molecule has 1 aromatic rings. The van der Waals surface area contributed by atoms with E-state index in [0.717, 1.165) is 37.4 Å². The molecule has 1 amide bonds. The van der Waals surface area contributed by atoms with Crippen molar-refractivity contribution in [3.05, 3.63) is 24.3 Å². The lowest BCUT2D eigenvalue weighted by Crippen LogP contribution is -2.49. The molecule has 0 unspecified atom stereocenters. The second-order valence-corrected chi connectivity index (χ2v) is 5.14. The number of nitrogens with zero attached hydrogens (tertiary/aromatic N) is 2. The Balaban J connectivity index is 1.83. The summed E-state index contributed by atoms with van der Waals surface area (Å²) >= 11 is 0. The van der Waals surface area contributed by atoms with Crippen LogP contribution in [0.15, 0.2) is 24.3 Å². The lowest BCUT2D eigenvalue weighted by Gasteiger charge is -2.35. The van der Waals surface area contributed by atoms with Crippen LogP contribution in [0.2, 0.25) is 0 Å². The van der Waals surface area contributed by atoms with Gasteiger partial charge in [-0.2, -0.15) is 0 Å². The summed E-state index contributed by atoms with van der Waals surface area (Å²) in [5.41, 5.74) is 1.13. The molecule has 0 bridgehead atoms. The number of piperazine rings is 1. The second kappa shape index (κ2) is 7.76. The Bertz CT molecular complexity index is 457. The molecule has 0 aliphatic carbocycles. The van der Waals surface area contributed by atoms with Gasteiger partial charge >= 0.3 is 6.09 Å². The van der Waals surface area contributed by atoms with Crippen molar-refractivity contribution in [3.8, 4) is 5.75 Å². The number of unbranched alkanes of at least 4 members (excludes halogenated alkanes) is 1. The van der Waals surface area contributed by atoms with Crippen LogP contribution in [-0.2, 0) is 4.74 Å². The number of carbonyl (C=O) groups excluding carboxylic acids is 1. The molecule has 0 N–H and O–H groups in total. The molecule has 1 heterocycles. The molecule has 1 aliphatic heterocycles. The topological polar surface area (TPSA) is 42.0 Å². The fourth-order valence-electron chi connectivity index (χ4n) is 2.35. The third-order valence-electron chi connectivity index (χ3n) is 3.68. The smallest absolute Gasteiger partial charge is 0.409 e. The maximum absolute atomic E-state index is 11.9. The Hall–Kier alpha value is -1.91. The van der Waals surface area contributed by atoms with E-state index in [1.54, 1.807) is 12.0 Å².